The fourth-order valence-electron chi connectivity index (χ4n) is 4.39. The van der Waals surface area contributed by atoms with Crippen LogP contribution in [0.25, 0.3) is 0 Å². The largest absolute Gasteiger partial charge is 0.395 e. The van der Waals surface area contributed by atoms with Crippen LogP contribution in [0.3, 0.4) is 0 Å². The minimum atomic E-state index is -0.946. The number of hydrogen-bond acceptors (Lipinski definition) is 6. The molecule has 1 fully saturated rings. The number of aromatic nitrogens is 2. The molecular formula is C28H31F2N5O2. The van der Waals surface area contributed by atoms with Gasteiger partial charge < -0.3 is 10.2 Å². The Balaban J connectivity index is 1.39. The molecule has 0 spiro atoms. The van der Waals surface area contributed by atoms with Gasteiger partial charge in [-0.1, -0.05) is 18.1 Å². The average molecular weight is 508 g/mol. The first-order chi connectivity index (χ1) is 17.9. The Morgan fingerprint density at radius 3 is 2.59 bits per heavy atom. The second kappa shape index (κ2) is 12.5. The van der Waals surface area contributed by atoms with Crippen molar-refractivity contribution in [1.29, 1.82) is 0 Å². The molecule has 1 amide bonds. The summed E-state index contributed by atoms with van der Waals surface area (Å²) in [5, 5.41) is 6.95. The third kappa shape index (κ3) is 7.16. The lowest BCUT2D eigenvalue weighted by Crippen LogP contribution is -2.32. The van der Waals surface area contributed by atoms with E-state index in [2.05, 4.69) is 25.3 Å². The number of likely N-dealkylation sites (tertiary alicyclic amines) is 1. The third-order valence-corrected chi connectivity index (χ3v) is 6.26. The standard InChI is InChI=1S/C28H31F2N5O2/c1-3-12-37-34-28(22-5-6-25(29)26(30)14-22)27-7-4-20(15-32-27)18-35-10-8-21(9-11-35)23-13-24(17-31-16-23)33-19(2)36/h4-7,13-17,21H,3,8-12,18H2,1-2H3,(H,33,36)/b34-28+. The van der Waals surface area contributed by atoms with Crippen molar-refractivity contribution in [3.8, 4) is 0 Å². The summed E-state index contributed by atoms with van der Waals surface area (Å²) in [6, 6.07) is 9.46. The van der Waals surface area contributed by atoms with Gasteiger partial charge in [-0.2, -0.15) is 0 Å². The molecule has 194 valence electrons. The second-order valence-electron chi connectivity index (χ2n) is 9.19. The monoisotopic (exact) mass is 507 g/mol. The summed E-state index contributed by atoms with van der Waals surface area (Å²) in [4.78, 5) is 27.9. The Morgan fingerprint density at radius 1 is 1.11 bits per heavy atom. The van der Waals surface area contributed by atoms with E-state index in [9.17, 15) is 13.6 Å². The van der Waals surface area contributed by atoms with Gasteiger partial charge in [0.25, 0.3) is 0 Å². The quantitative estimate of drug-likeness (QED) is 0.242. The molecule has 1 saturated heterocycles. The van der Waals surface area contributed by atoms with Crippen LogP contribution < -0.4 is 5.32 Å². The molecule has 4 rings (SSSR count). The van der Waals surface area contributed by atoms with Gasteiger partial charge in [-0.05, 0) is 79.7 Å². The highest BCUT2D eigenvalue weighted by atomic mass is 19.2. The van der Waals surface area contributed by atoms with E-state index in [-0.39, 0.29) is 5.91 Å². The summed E-state index contributed by atoms with van der Waals surface area (Å²) in [5.41, 5.74) is 4.20. The number of amides is 1. The predicted molar refractivity (Wildman–Crippen MR) is 138 cm³/mol. The number of nitrogens with zero attached hydrogens (tertiary/aromatic N) is 4. The molecule has 0 radical (unpaired) electrons. The molecule has 1 aliphatic rings. The zero-order chi connectivity index (χ0) is 26.2. The van der Waals surface area contributed by atoms with Gasteiger partial charge in [0.1, 0.15) is 12.3 Å². The van der Waals surface area contributed by atoms with E-state index >= 15 is 0 Å². The first kappa shape index (κ1) is 26.3. The lowest BCUT2D eigenvalue weighted by atomic mass is 9.90. The molecule has 0 atom stereocenters. The molecule has 1 N–H and O–H groups in total. The number of benzene rings is 1. The van der Waals surface area contributed by atoms with Gasteiger partial charge in [-0.15, -0.1) is 0 Å². The minimum absolute atomic E-state index is 0.106. The average Bonchev–Trinajstić information content (AvgIpc) is 2.89. The maximum Gasteiger partial charge on any atom is 0.221 e. The zero-order valence-electron chi connectivity index (χ0n) is 21.1. The van der Waals surface area contributed by atoms with Crippen molar-refractivity contribution in [3.63, 3.8) is 0 Å². The number of anilines is 1. The summed E-state index contributed by atoms with van der Waals surface area (Å²) in [7, 11) is 0. The Morgan fingerprint density at radius 2 is 1.92 bits per heavy atom. The molecule has 3 heterocycles. The first-order valence-corrected chi connectivity index (χ1v) is 12.5. The normalized spacial score (nSPS) is 15.0. The highest BCUT2D eigenvalue weighted by molar-refractivity contribution is 6.11. The highest BCUT2D eigenvalue weighted by Crippen LogP contribution is 2.29. The fourth-order valence-corrected chi connectivity index (χ4v) is 4.39. The molecule has 2 aromatic heterocycles. The molecule has 0 bridgehead atoms. The molecule has 0 saturated carbocycles. The number of piperidine rings is 1. The van der Waals surface area contributed by atoms with Crippen LogP contribution in [0.2, 0.25) is 0 Å². The number of rotatable bonds is 9. The van der Waals surface area contributed by atoms with Crippen LogP contribution in [0.15, 0.2) is 60.1 Å². The number of halogens is 2. The SMILES string of the molecule is CCCO/N=C(\c1ccc(F)c(F)c1)c1ccc(CN2CCC(c3cncc(NC(C)=O)c3)CC2)cn1. The van der Waals surface area contributed by atoms with Crippen LogP contribution in [0.1, 0.15) is 61.4 Å². The number of hydrogen-bond donors (Lipinski definition) is 1. The summed E-state index contributed by atoms with van der Waals surface area (Å²) in [6.07, 6.45) is 8.10. The van der Waals surface area contributed by atoms with Crippen LogP contribution in [0, 0.1) is 11.6 Å². The smallest absolute Gasteiger partial charge is 0.221 e. The number of carbonyl (C=O) groups excluding carboxylic acids is 1. The fraction of sp³-hybridized carbons (Fsp3) is 0.357. The number of nitrogens with one attached hydrogen (secondary N) is 1. The maximum atomic E-state index is 13.9. The first-order valence-electron chi connectivity index (χ1n) is 12.5. The summed E-state index contributed by atoms with van der Waals surface area (Å²) < 4.78 is 27.3. The van der Waals surface area contributed by atoms with Crippen molar-refractivity contribution >= 4 is 17.3 Å². The third-order valence-electron chi connectivity index (χ3n) is 6.26. The van der Waals surface area contributed by atoms with Crippen LogP contribution in [0.5, 0.6) is 0 Å². The van der Waals surface area contributed by atoms with Crippen LogP contribution >= 0.6 is 0 Å². The van der Waals surface area contributed by atoms with E-state index in [1.54, 1.807) is 12.4 Å². The van der Waals surface area contributed by atoms with Crippen molar-refractivity contribution in [1.82, 2.24) is 14.9 Å². The summed E-state index contributed by atoms with van der Waals surface area (Å²) in [6.45, 7) is 6.49. The molecular weight excluding hydrogens is 476 g/mol. The van der Waals surface area contributed by atoms with Crippen molar-refractivity contribution in [3.05, 3.63) is 89.0 Å². The van der Waals surface area contributed by atoms with Crippen molar-refractivity contribution < 1.29 is 18.4 Å². The van der Waals surface area contributed by atoms with E-state index in [1.807, 2.05) is 31.3 Å². The van der Waals surface area contributed by atoms with E-state index in [4.69, 9.17) is 4.84 Å². The molecule has 37 heavy (non-hydrogen) atoms. The molecule has 1 aliphatic heterocycles. The van der Waals surface area contributed by atoms with E-state index in [0.29, 0.717) is 29.5 Å². The van der Waals surface area contributed by atoms with Gasteiger partial charge in [0.05, 0.1) is 17.6 Å². The Bertz CT molecular complexity index is 1240. The van der Waals surface area contributed by atoms with Crippen LogP contribution in [-0.4, -0.2) is 46.2 Å². The molecule has 0 unspecified atom stereocenters. The Kier molecular flexibility index (Phi) is 8.90. The summed E-state index contributed by atoms with van der Waals surface area (Å²) >= 11 is 0. The van der Waals surface area contributed by atoms with E-state index in [1.165, 1.54) is 13.0 Å². The number of oxime groups is 1. The topological polar surface area (TPSA) is 79.7 Å². The Hall–Kier alpha value is -3.72. The van der Waals surface area contributed by atoms with Crippen molar-refractivity contribution in [2.75, 3.05) is 25.0 Å². The van der Waals surface area contributed by atoms with Crippen molar-refractivity contribution in [2.24, 2.45) is 5.16 Å². The van der Waals surface area contributed by atoms with Gasteiger partial charge >= 0.3 is 0 Å². The Labute approximate surface area is 215 Å². The molecule has 7 nitrogen and oxygen atoms in total. The van der Waals surface area contributed by atoms with Gasteiger partial charge in [0.2, 0.25) is 5.91 Å². The maximum absolute atomic E-state index is 13.9. The predicted octanol–water partition coefficient (Wildman–Crippen LogP) is 5.27. The minimum Gasteiger partial charge on any atom is -0.395 e. The zero-order valence-corrected chi connectivity index (χ0v) is 21.1. The second-order valence-corrected chi connectivity index (χ2v) is 9.19. The lowest BCUT2D eigenvalue weighted by Gasteiger charge is -2.32. The van der Waals surface area contributed by atoms with Gasteiger partial charge in [-0.25, -0.2) is 8.78 Å². The van der Waals surface area contributed by atoms with Gasteiger partial charge in [0.15, 0.2) is 11.6 Å². The molecule has 0 aliphatic carbocycles. The number of carbonyl (C=O) groups is 1. The van der Waals surface area contributed by atoms with E-state index < -0.39 is 11.6 Å². The lowest BCUT2D eigenvalue weighted by molar-refractivity contribution is -0.114. The molecule has 1 aromatic carbocycles. The van der Waals surface area contributed by atoms with E-state index in [0.717, 1.165) is 67.8 Å². The molecule has 9 heteroatoms. The molecule has 3 aromatic rings. The van der Waals surface area contributed by atoms with Crippen LogP contribution in [-0.2, 0) is 16.2 Å². The summed E-state index contributed by atoms with van der Waals surface area (Å²) in [5.74, 6) is -1.57. The van der Waals surface area contributed by atoms with Gasteiger partial charge in [0, 0.05) is 31.4 Å². The highest BCUT2D eigenvalue weighted by Gasteiger charge is 2.22. The van der Waals surface area contributed by atoms with Crippen molar-refractivity contribution in [2.45, 2.75) is 45.6 Å². The van der Waals surface area contributed by atoms with Gasteiger partial charge in [-0.3, -0.25) is 19.7 Å². The van der Waals surface area contributed by atoms with Crippen LogP contribution in [0.4, 0.5) is 14.5 Å². The number of pyridine rings is 2.